The van der Waals surface area contributed by atoms with Crippen molar-refractivity contribution in [3.8, 4) is 0 Å². The molecule has 28 heavy (non-hydrogen) atoms. The maximum absolute atomic E-state index is 12.4. The SMILES string of the molecule is COC(=O)[C@@H]1Cc2ncn(Cc3ccc(Cl)cc3)c2CN1Cc1cccnc1. The Morgan fingerprint density at radius 2 is 2.04 bits per heavy atom. The summed E-state index contributed by atoms with van der Waals surface area (Å²) >= 11 is 5.99. The average molecular weight is 397 g/mol. The number of aromatic nitrogens is 3. The fourth-order valence-electron chi connectivity index (χ4n) is 3.60. The molecule has 0 unspecified atom stereocenters. The fraction of sp³-hybridized carbons (Fsp3) is 0.286. The van der Waals surface area contributed by atoms with Crippen molar-refractivity contribution >= 4 is 17.6 Å². The summed E-state index contributed by atoms with van der Waals surface area (Å²) < 4.78 is 7.18. The van der Waals surface area contributed by atoms with Crippen molar-refractivity contribution in [2.45, 2.75) is 32.1 Å². The Kier molecular flexibility index (Phi) is 5.41. The second-order valence-corrected chi connectivity index (χ2v) is 7.34. The summed E-state index contributed by atoms with van der Waals surface area (Å²) in [5, 5.41) is 0.722. The zero-order chi connectivity index (χ0) is 19.5. The summed E-state index contributed by atoms with van der Waals surface area (Å²) in [5.74, 6) is -0.234. The molecule has 0 aliphatic carbocycles. The van der Waals surface area contributed by atoms with Crippen molar-refractivity contribution < 1.29 is 9.53 Å². The number of fused-ring (bicyclic) bond motifs is 1. The summed E-state index contributed by atoms with van der Waals surface area (Å²) in [4.78, 5) is 23.3. The number of esters is 1. The first-order valence-electron chi connectivity index (χ1n) is 9.12. The Bertz CT molecular complexity index is 956. The summed E-state index contributed by atoms with van der Waals surface area (Å²) in [6.45, 7) is 1.96. The molecule has 3 heterocycles. The van der Waals surface area contributed by atoms with Crippen molar-refractivity contribution in [3.05, 3.63) is 82.7 Å². The average Bonchev–Trinajstić information content (AvgIpc) is 3.11. The number of hydrogen-bond donors (Lipinski definition) is 0. The monoisotopic (exact) mass is 396 g/mol. The fourth-order valence-corrected chi connectivity index (χ4v) is 3.73. The van der Waals surface area contributed by atoms with Crippen LogP contribution >= 0.6 is 11.6 Å². The lowest BCUT2D eigenvalue weighted by Crippen LogP contribution is -2.46. The molecular weight excluding hydrogens is 376 g/mol. The number of benzene rings is 1. The maximum Gasteiger partial charge on any atom is 0.323 e. The van der Waals surface area contributed by atoms with Crippen molar-refractivity contribution in [1.29, 1.82) is 0 Å². The normalized spacial score (nSPS) is 16.6. The third-order valence-electron chi connectivity index (χ3n) is 5.06. The molecule has 0 N–H and O–H groups in total. The third-order valence-corrected chi connectivity index (χ3v) is 5.31. The predicted molar refractivity (Wildman–Crippen MR) is 106 cm³/mol. The third kappa shape index (κ3) is 3.93. The number of carbonyl (C=O) groups is 1. The van der Waals surface area contributed by atoms with Crippen LogP contribution in [0, 0.1) is 0 Å². The first-order valence-corrected chi connectivity index (χ1v) is 9.50. The molecule has 0 spiro atoms. The molecule has 2 aromatic heterocycles. The lowest BCUT2D eigenvalue weighted by molar-refractivity contribution is -0.148. The number of imidazole rings is 1. The number of carbonyl (C=O) groups excluding carboxylic acids is 1. The summed E-state index contributed by atoms with van der Waals surface area (Å²) in [5.41, 5.74) is 4.29. The van der Waals surface area contributed by atoms with E-state index in [4.69, 9.17) is 16.3 Å². The first kappa shape index (κ1) is 18.7. The van der Waals surface area contributed by atoms with Gasteiger partial charge in [-0.1, -0.05) is 29.8 Å². The first-order chi connectivity index (χ1) is 13.6. The van der Waals surface area contributed by atoms with Crippen LogP contribution in [0.25, 0.3) is 0 Å². The highest BCUT2D eigenvalue weighted by Crippen LogP contribution is 2.26. The van der Waals surface area contributed by atoms with Crippen LogP contribution in [0.3, 0.4) is 0 Å². The highest BCUT2D eigenvalue weighted by Gasteiger charge is 2.34. The van der Waals surface area contributed by atoms with E-state index in [-0.39, 0.29) is 12.0 Å². The number of halogens is 1. The highest BCUT2D eigenvalue weighted by molar-refractivity contribution is 6.30. The van der Waals surface area contributed by atoms with E-state index in [1.54, 1.807) is 6.20 Å². The second-order valence-electron chi connectivity index (χ2n) is 6.90. The predicted octanol–water partition coefficient (Wildman–Crippen LogP) is 3.08. The van der Waals surface area contributed by atoms with E-state index >= 15 is 0 Å². The van der Waals surface area contributed by atoms with E-state index in [1.165, 1.54) is 7.11 Å². The number of nitrogens with zero attached hydrogens (tertiary/aromatic N) is 4. The molecule has 1 aromatic carbocycles. The second kappa shape index (κ2) is 8.12. The van der Waals surface area contributed by atoms with Gasteiger partial charge in [-0.15, -0.1) is 0 Å². The minimum Gasteiger partial charge on any atom is -0.468 e. The van der Waals surface area contributed by atoms with Crippen molar-refractivity contribution in [2.75, 3.05) is 7.11 Å². The van der Waals surface area contributed by atoms with E-state index in [1.807, 2.05) is 48.9 Å². The van der Waals surface area contributed by atoms with Crippen LogP contribution in [-0.4, -0.2) is 38.6 Å². The zero-order valence-electron chi connectivity index (χ0n) is 15.6. The van der Waals surface area contributed by atoms with Crippen LogP contribution in [0.1, 0.15) is 22.5 Å². The Morgan fingerprint density at radius 3 is 2.75 bits per heavy atom. The van der Waals surface area contributed by atoms with Crippen LogP contribution in [0.5, 0.6) is 0 Å². The smallest absolute Gasteiger partial charge is 0.323 e. The van der Waals surface area contributed by atoms with Gasteiger partial charge in [0, 0.05) is 43.5 Å². The van der Waals surface area contributed by atoms with Gasteiger partial charge in [-0.3, -0.25) is 14.7 Å². The molecule has 1 aliphatic rings. The number of ether oxygens (including phenoxy) is 1. The largest absolute Gasteiger partial charge is 0.468 e. The quantitative estimate of drug-likeness (QED) is 0.620. The van der Waals surface area contributed by atoms with Crippen molar-refractivity contribution in [2.24, 2.45) is 0 Å². The van der Waals surface area contributed by atoms with E-state index in [2.05, 4.69) is 19.4 Å². The number of methoxy groups -OCH3 is 1. The van der Waals surface area contributed by atoms with Gasteiger partial charge in [-0.2, -0.15) is 0 Å². The standard InChI is InChI=1S/C21H21ClN4O2/c1-28-21(27)19-9-18-20(13-25(19)12-16-3-2-8-23-10-16)26(14-24-18)11-15-4-6-17(22)7-5-15/h2-8,10,14,19H,9,11-13H2,1H3/t19-/m0/s1. The van der Waals surface area contributed by atoms with Gasteiger partial charge in [-0.05, 0) is 29.3 Å². The van der Waals surface area contributed by atoms with Gasteiger partial charge in [0.1, 0.15) is 6.04 Å². The molecule has 0 bridgehead atoms. The molecule has 0 fully saturated rings. The molecule has 0 amide bonds. The molecule has 4 rings (SSSR count). The minimum atomic E-state index is -0.350. The van der Waals surface area contributed by atoms with Gasteiger partial charge < -0.3 is 9.30 Å². The summed E-state index contributed by atoms with van der Waals surface area (Å²) in [6, 6.07) is 11.4. The summed E-state index contributed by atoms with van der Waals surface area (Å²) in [6.07, 6.45) is 5.96. The van der Waals surface area contributed by atoms with Crippen LogP contribution in [-0.2, 0) is 35.6 Å². The Morgan fingerprint density at radius 1 is 1.21 bits per heavy atom. The molecule has 144 valence electrons. The molecule has 7 heteroatoms. The Hall–Kier alpha value is -2.70. The van der Waals surface area contributed by atoms with Crippen LogP contribution < -0.4 is 0 Å². The highest BCUT2D eigenvalue weighted by atomic mass is 35.5. The molecule has 0 saturated carbocycles. The molecular formula is C21H21ClN4O2. The molecule has 1 atom stereocenters. The summed E-state index contributed by atoms with van der Waals surface area (Å²) in [7, 11) is 1.43. The maximum atomic E-state index is 12.4. The van der Waals surface area contributed by atoms with Gasteiger partial charge in [0.05, 0.1) is 24.8 Å². The number of hydrogen-bond acceptors (Lipinski definition) is 5. The van der Waals surface area contributed by atoms with Gasteiger partial charge in [0.15, 0.2) is 0 Å². The lowest BCUT2D eigenvalue weighted by atomic mass is 10.0. The van der Waals surface area contributed by atoms with Crippen LogP contribution in [0.4, 0.5) is 0 Å². The van der Waals surface area contributed by atoms with Crippen LogP contribution in [0.2, 0.25) is 5.02 Å². The number of pyridine rings is 1. The van der Waals surface area contributed by atoms with Gasteiger partial charge in [-0.25, -0.2) is 4.98 Å². The zero-order valence-corrected chi connectivity index (χ0v) is 16.3. The molecule has 0 radical (unpaired) electrons. The lowest BCUT2D eigenvalue weighted by Gasteiger charge is -2.33. The number of rotatable bonds is 5. The topological polar surface area (TPSA) is 60.2 Å². The van der Waals surface area contributed by atoms with Gasteiger partial charge >= 0.3 is 5.97 Å². The minimum absolute atomic E-state index is 0.234. The Labute approximate surface area is 168 Å². The van der Waals surface area contributed by atoms with E-state index in [0.717, 1.165) is 27.5 Å². The van der Waals surface area contributed by atoms with E-state index in [9.17, 15) is 4.79 Å². The van der Waals surface area contributed by atoms with Crippen molar-refractivity contribution in [3.63, 3.8) is 0 Å². The van der Waals surface area contributed by atoms with Crippen molar-refractivity contribution in [1.82, 2.24) is 19.4 Å². The molecule has 6 nitrogen and oxygen atoms in total. The van der Waals surface area contributed by atoms with E-state index in [0.29, 0.717) is 26.1 Å². The van der Waals surface area contributed by atoms with Gasteiger partial charge in [0.25, 0.3) is 0 Å². The van der Waals surface area contributed by atoms with E-state index < -0.39 is 0 Å². The van der Waals surface area contributed by atoms with Gasteiger partial charge in [0.2, 0.25) is 0 Å². The molecule has 1 aliphatic heterocycles. The molecule has 3 aromatic rings. The van der Waals surface area contributed by atoms with Crippen LogP contribution in [0.15, 0.2) is 55.1 Å². The Balaban J connectivity index is 1.60. The molecule has 0 saturated heterocycles.